The molecule has 2 nitrogen and oxygen atoms in total. The molecule has 0 bridgehead atoms. The fourth-order valence-electron chi connectivity index (χ4n) is 2.14. The minimum atomic E-state index is 0.0615. The molecular formula is C14H26N2S. The highest BCUT2D eigenvalue weighted by molar-refractivity contribution is 7.09. The van der Waals surface area contributed by atoms with Crippen molar-refractivity contribution in [3.05, 3.63) is 16.1 Å². The Bertz CT molecular complexity index is 338. The van der Waals surface area contributed by atoms with E-state index in [1.165, 1.54) is 10.7 Å². The maximum absolute atomic E-state index is 4.83. The Kier molecular flexibility index (Phi) is 5.14. The third kappa shape index (κ3) is 3.29. The molecule has 1 N–H and O–H groups in total. The summed E-state index contributed by atoms with van der Waals surface area (Å²) < 4.78 is 0. The molecule has 0 fully saturated rings. The molecule has 0 spiro atoms. The van der Waals surface area contributed by atoms with E-state index in [1.807, 2.05) is 0 Å². The zero-order valence-corrected chi connectivity index (χ0v) is 12.8. The Hall–Kier alpha value is -0.410. The molecule has 0 unspecified atom stereocenters. The first-order valence-electron chi connectivity index (χ1n) is 6.68. The van der Waals surface area contributed by atoms with E-state index in [1.54, 1.807) is 11.3 Å². The average molecular weight is 254 g/mol. The molecule has 0 saturated heterocycles. The fraction of sp³-hybridized carbons (Fsp3) is 0.786. The second-order valence-electron chi connectivity index (χ2n) is 5.32. The molecule has 1 aromatic rings. The summed E-state index contributed by atoms with van der Waals surface area (Å²) in [5.41, 5.74) is 1.29. The van der Waals surface area contributed by atoms with Gasteiger partial charge >= 0.3 is 0 Å². The van der Waals surface area contributed by atoms with Crippen LogP contribution in [-0.4, -0.2) is 11.0 Å². The zero-order chi connectivity index (χ0) is 13.1. The quantitative estimate of drug-likeness (QED) is 0.819. The minimum Gasteiger partial charge on any atom is -0.303 e. The van der Waals surface area contributed by atoms with Crippen molar-refractivity contribution >= 4 is 11.3 Å². The summed E-state index contributed by atoms with van der Waals surface area (Å²) in [6.45, 7) is 13.3. The van der Waals surface area contributed by atoms with E-state index in [0.717, 1.165) is 12.8 Å². The van der Waals surface area contributed by atoms with Crippen LogP contribution in [0.4, 0.5) is 0 Å². The molecule has 0 aromatic carbocycles. The maximum atomic E-state index is 4.83. The van der Waals surface area contributed by atoms with E-state index < -0.39 is 0 Å². The normalized spacial score (nSPS) is 12.7. The number of hydrogen-bond acceptors (Lipinski definition) is 3. The van der Waals surface area contributed by atoms with E-state index in [-0.39, 0.29) is 5.54 Å². The number of nitrogens with one attached hydrogen (secondary N) is 1. The Morgan fingerprint density at radius 2 is 1.82 bits per heavy atom. The second kappa shape index (κ2) is 5.96. The molecule has 98 valence electrons. The van der Waals surface area contributed by atoms with Gasteiger partial charge in [0.1, 0.15) is 5.01 Å². The van der Waals surface area contributed by atoms with Crippen LogP contribution in [0.3, 0.4) is 0 Å². The Labute approximate surface area is 110 Å². The van der Waals surface area contributed by atoms with Crippen molar-refractivity contribution in [3.63, 3.8) is 0 Å². The summed E-state index contributed by atoms with van der Waals surface area (Å²) in [7, 11) is 0. The molecule has 0 radical (unpaired) electrons. The lowest BCUT2D eigenvalue weighted by Gasteiger charge is -2.33. The van der Waals surface area contributed by atoms with Gasteiger partial charge in [0.2, 0.25) is 0 Å². The SMILES string of the molecule is CCC(CC)(NC(C)C)c1nc(C(C)C)cs1. The first-order valence-corrected chi connectivity index (χ1v) is 7.56. The smallest absolute Gasteiger partial charge is 0.113 e. The van der Waals surface area contributed by atoms with Gasteiger partial charge in [0.15, 0.2) is 0 Å². The van der Waals surface area contributed by atoms with Crippen LogP contribution in [0.25, 0.3) is 0 Å². The van der Waals surface area contributed by atoms with Crippen molar-refractivity contribution in [2.24, 2.45) is 0 Å². The number of hydrogen-bond donors (Lipinski definition) is 1. The highest BCUT2D eigenvalue weighted by Crippen LogP contribution is 2.33. The average Bonchev–Trinajstić information content (AvgIpc) is 2.75. The van der Waals surface area contributed by atoms with Crippen molar-refractivity contribution in [1.29, 1.82) is 0 Å². The minimum absolute atomic E-state index is 0.0615. The predicted octanol–water partition coefficient (Wildman–Crippen LogP) is 4.28. The van der Waals surface area contributed by atoms with Gasteiger partial charge < -0.3 is 5.32 Å². The van der Waals surface area contributed by atoms with E-state index in [0.29, 0.717) is 12.0 Å². The van der Waals surface area contributed by atoms with Crippen LogP contribution in [0.1, 0.15) is 71.0 Å². The van der Waals surface area contributed by atoms with Gasteiger partial charge in [0.05, 0.1) is 11.2 Å². The maximum Gasteiger partial charge on any atom is 0.113 e. The molecule has 1 rings (SSSR count). The third-order valence-electron chi connectivity index (χ3n) is 3.29. The number of nitrogens with zero attached hydrogens (tertiary/aromatic N) is 1. The summed E-state index contributed by atoms with van der Waals surface area (Å²) >= 11 is 1.80. The zero-order valence-electron chi connectivity index (χ0n) is 12.0. The van der Waals surface area contributed by atoms with Gasteiger partial charge in [-0.05, 0) is 32.6 Å². The molecular weight excluding hydrogens is 228 g/mol. The van der Waals surface area contributed by atoms with Crippen LogP contribution in [-0.2, 0) is 5.54 Å². The molecule has 0 amide bonds. The standard InChI is InChI=1S/C14H26N2S/c1-7-14(8-2,16-11(5)6)13-15-12(9-17-13)10(3)4/h9-11,16H,7-8H2,1-6H3. The Balaban J connectivity index is 3.03. The van der Waals surface area contributed by atoms with Crippen LogP contribution in [0.2, 0.25) is 0 Å². The van der Waals surface area contributed by atoms with E-state index >= 15 is 0 Å². The fourth-order valence-corrected chi connectivity index (χ4v) is 3.43. The predicted molar refractivity (Wildman–Crippen MR) is 76.7 cm³/mol. The highest BCUT2D eigenvalue weighted by Gasteiger charge is 2.32. The molecule has 17 heavy (non-hydrogen) atoms. The molecule has 1 heterocycles. The molecule has 0 atom stereocenters. The first kappa shape index (κ1) is 14.7. The monoisotopic (exact) mass is 254 g/mol. The lowest BCUT2D eigenvalue weighted by molar-refractivity contribution is 0.281. The van der Waals surface area contributed by atoms with E-state index in [9.17, 15) is 0 Å². The second-order valence-corrected chi connectivity index (χ2v) is 6.18. The lowest BCUT2D eigenvalue weighted by atomic mass is 9.92. The van der Waals surface area contributed by atoms with Crippen LogP contribution < -0.4 is 5.32 Å². The van der Waals surface area contributed by atoms with Gasteiger partial charge in [-0.3, -0.25) is 0 Å². The Morgan fingerprint density at radius 3 is 2.18 bits per heavy atom. The van der Waals surface area contributed by atoms with Gasteiger partial charge in [-0.15, -0.1) is 11.3 Å². The number of thiazole rings is 1. The van der Waals surface area contributed by atoms with Crippen molar-refractivity contribution in [3.8, 4) is 0 Å². The molecule has 3 heteroatoms. The third-order valence-corrected chi connectivity index (χ3v) is 4.36. The van der Waals surface area contributed by atoms with Crippen molar-refractivity contribution in [2.45, 2.75) is 71.9 Å². The van der Waals surface area contributed by atoms with Gasteiger partial charge in [0, 0.05) is 11.4 Å². The van der Waals surface area contributed by atoms with Crippen LogP contribution in [0.5, 0.6) is 0 Å². The van der Waals surface area contributed by atoms with Gasteiger partial charge in [-0.1, -0.05) is 27.7 Å². The topological polar surface area (TPSA) is 24.9 Å². The lowest BCUT2D eigenvalue weighted by Crippen LogP contribution is -2.45. The van der Waals surface area contributed by atoms with Gasteiger partial charge in [0.25, 0.3) is 0 Å². The largest absolute Gasteiger partial charge is 0.303 e. The molecule has 0 aliphatic carbocycles. The molecule has 0 aliphatic heterocycles. The van der Waals surface area contributed by atoms with Crippen LogP contribution >= 0.6 is 11.3 Å². The summed E-state index contributed by atoms with van der Waals surface area (Å²) in [6.07, 6.45) is 2.18. The first-order chi connectivity index (χ1) is 7.95. The van der Waals surface area contributed by atoms with Gasteiger partial charge in [-0.2, -0.15) is 0 Å². The summed E-state index contributed by atoms with van der Waals surface area (Å²) in [5, 5.41) is 7.17. The molecule has 0 aliphatic rings. The van der Waals surface area contributed by atoms with Crippen molar-refractivity contribution in [2.75, 3.05) is 0 Å². The Morgan fingerprint density at radius 1 is 1.24 bits per heavy atom. The summed E-state index contributed by atoms with van der Waals surface area (Å²) in [5.74, 6) is 0.519. The summed E-state index contributed by atoms with van der Waals surface area (Å²) in [6, 6.07) is 0.487. The van der Waals surface area contributed by atoms with Crippen LogP contribution in [0.15, 0.2) is 5.38 Å². The van der Waals surface area contributed by atoms with Crippen LogP contribution in [0, 0.1) is 0 Å². The number of aromatic nitrogens is 1. The van der Waals surface area contributed by atoms with E-state index in [2.05, 4.69) is 52.2 Å². The molecule has 0 saturated carbocycles. The number of rotatable bonds is 6. The molecule has 1 aromatic heterocycles. The van der Waals surface area contributed by atoms with Crippen molar-refractivity contribution < 1.29 is 0 Å². The van der Waals surface area contributed by atoms with Crippen molar-refractivity contribution in [1.82, 2.24) is 10.3 Å². The highest BCUT2D eigenvalue weighted by atomic mass is 32.1. The van der Waals surface area contributed by atoms with Gasteiger partial charge in [-0.25, -0.2) is 4.98 Å². The van der Waals surface area contributed by atoms with E-state index in [4.69, 9.17) is 4.98 Å². The summed E-state index contributed by atoms with van der Waals surface area (Å²) in [4.78, 5) is 4.83.